The third kappa shape index (κ3) is 0.412. The monoisotopic (exact) mass is 72.0 g/mol. The Kier molecular flexibility index (Phi) is 0.596. The summed E-state index contributed by atoms with van der Waals surface area (Å²) in [7, 11) is 0. The molecule has 1 aliphatic heterocycles. The molecule has 1 radical (unpaired) electrons. The van der Waals surface area contributed by atoms with Crippen LogP contribution in [0.15, 0.2) is 0 Å². The Bertz CT molecular complexity index is 33.9. The molecule has 0 unspecified atom stereocenters. The van der Waals surface area contributed by atoms with Gasteiger partial charge in [0.1, 0.15) is 0 Å². The Balaban J connectivity index is 2.08. The number of hydroxylamine groups is 2. The van der Waals surface area contributed by atoms with E-state index < -0.39 is 0 Å². The Morgan fingerprint density at radius 3 is 2.00 bits per heavy atom. The molecule has 1 fully saturated rings. The molecule has 0 aromatic carbocycles. The largest absolute Gasteiger partial charge is 0.314 e. The Morgan fingerprint density at radius 1 is 1.60 bits per heavy atom. The van der Waals surface area contributed by atoms with E-state index in [9.17, 15) is 0 Å². The normalized spacial score (nSPS) is 25.8. The first-order valence-electron chi connectivity index (χ1n) is 1.65. The summed E-state index contributed by atoms with van der Waals surface area (Å²) in [5.41, 5.74) is 0. The van der Waals surface area contributed by atoms with Gasteiger partial charge in [-0.1, -0.05) is 0 Å². The van der Waals surface area contributed by atoms with Gasteiger partial charge in [-0.25, -0.2) is 0 Å². The second kappa shape index (κ2) is 0.954. The van der Waals surface area contributed by atoms with Crippen molar-refractivity contribution in [1.29, 1.82) is 0 Å². The van der Waals surface area contributed by atoms with Crippen LogP contribution in [-0.4, -0.2) is 23.4 Å². The molecular weight excluding hydrogens is 66.0 g/mol. The molecule has 0 aromatic rings. The van der Waals surface area contributed by atoms with Gasteiger partial charge < -0.3 is 5.21 Å². The van der Waals surface area contributed by atoms with Crippen LogP contribution in [-0.2, 0) is 0 Å². The predicted octanol–water partition coefficient (Wildman–Crippen LogP) is -0.105. The van der Waals surface area contributed by atoms with Crippen molar-refractivity contribution < 1.29 is 5.21 Å². The smallest absolute Gasteiger partial charge is 0.0283 e. The maximum atomic E-state index is 8.25. The van der Waals surface area contributed by atoms with E-state index in [1.165, 1.54) is 5.06 Å². The van der Waals surface area contributed by atoms with E-state index in [1.54, 1.807) is 0 Å². The molecule has 0 spiro atoms. The zero-order valence-electron chi connectivity index (χ0n) is 2.89. The molecule has 1 saturated heterocycles. The van der Waals surface area contributed by atoms with Gasteiger partial charge in [0.05, 0.1) is 0 Å². The molecule has 0 atom stereocenters. The summed E-state index contributed by atoms with van der Waals surface area (Å²) >= 11 is 0. The maximum absolute atomic E-state index is 8.25. The van der Waals surface area contributed by atoms with Gasteiger partial charge in [-0.3, -0.25) is 0 Å². The number of hydrogen-bond acceptors (Lipinski definition) is 2. The van der Waals surface area contributed by atoms with E-state index in [2.05, 4.69) is 0 Å². The van der Waals surface area contributed by atoms with Crippen molar-refractivity contribution in [2.45, 2.75) is 0 Å². The lowest BCUT2D eigenvalue weighted by atomic mass is 10.3. The summed E-state index contributed by atoms with van der Waals surface area (Å²) in [5.74, 6) is 0. The molecule has 1 aliphatic rings. The van der Waals surface area contributed by atoms with E-state index in [4.69, 9.17) is 5.21 Å². The topological polar surface area (TPSA) is 23.5 Å². The summed E-state index contributed by atoms with van der Waals surface area (Å²) in [4.78, 5) is 0. The van der Waals surface area contributed by atoms with Gasteiger partial charge in [0.2, 0.25) is 0 Å². The third-order valence-corrected chi connectivity index (χ3v) is 0.680. The summed E-state index contributed by atoms with van der Waals surface area (Å²) in [6, 6.07) is 0. The standard InChI is InChI=1S/C3H6NO/c5-4-2-1-3-4/h1,5H,2-3H2. The Labute approximate surface area is 31.0 Å². The molecule has 1 heterocycles. The zero-order valence-corrected chi connectivity index (χ0v) is 2.89. The molecule has 0 amide bonds. The van der Waals surface area contributed by atoms with E-state index in [0.29, 0.717) is 0 Å². The van der Waals surface area contributed by atoms with Crippen molar-refractivity contribution in [3.8, 4) is 0 Å². The summed E-state index contributed by atoms with van der Waals surface area (Å²) in [6.45, 7) is 1.50. The maximum Gasteiger partial charge on any atom is 0.0283 e. The van der Waals surface area contributed by atoms with E-state index >= 15 is 0 Å². The number of nitrogens with zero attached hydrogens (tertiary/aromatic N) is 1. The molecule has 29 valence electrons. The molecular formula is C3H6NO. The highest BCUT2D eigenvalue weighted by atomic mass is 16.5. The summed E-state index contributed by atoms with van der Waals surface area (Å²) in [5, 5.41) is 9.50. The van der Waals surface area contributed by atoms with Crippen LogP contribution in [0.2, 0.25) is 0 Å². The van der Waals surface area contributed by atoms with Gasteiger partial charge in [-0.05, 0) is 6.42 Å². The van der Waals surface area contributed by atoms with Crippen LogP contribution in [0.25, 0.3) is 0 Å². The number of rotatable bonds is 0. The summed E-state index contributed by atoms with van der Waals surface area (Å²) in [6.07, 6.45) is 2.00. The second-order valence-electron chi connectivity index (χ2n) is 1.16. The Hall–Kier alpha value is -0.0800. The van der Waals surface area contributed by atoms with Crippen LogP contribution in [0.4, 0.5) is 0 Å². The molecule has 2 heteroatoms. The van der Waals surface area contributed by atoms with Crippen LogP contribution in [0.5, 0.6) is 0 Å². The van der Waals surface area contributed by atoms with Crippen LogP contribution in [0.1, 0.15) is 0 Å². The fourth-order valence-corrected chi connectivity index (χ4v) is 0.245. The SMILES string of the molecule is ON1C[CH]C1. The fraction of sp³-hybridized carbons (Fsp3) is 0.667. The molecule has 0 aromatic heterocycles. The lowest BCUT2D eigenvalue weighted by molar-refractivity contribution is -0.111. The lowest BCUT2D eigenvalue weighted by Crippen LogP contribution is -2.34. The van der Waals surface area contributed by atoms with Gasteiger partial charge in [-0.2, -0.15) is 5.06 Å². The van der Waals surface area contributed by atoms with Crippen LogP contribution in [0.3, 0.4) is 0 Å². The minimum Gasteiger partial charge on any atom is -0.314 e. The number of hydrogen-bond donors (Lipinski definition) is 1. The fourth-order valence-electron chi connectivity index (χ4n) is 0.245. The van der Waals surface area contributed by atoms with Gasteiger partial charge in [0.25, 0.3) is 0 Å². The molecule has 5 heavy (non-hydrogen) atoms. The Morgan fingerprint density at radius 2 is 2.00 bits per heavy atom. The van der Waals surface area contributed by atoms with Crippen molar-refractivity contribution in [3.63, 3.8) is 0 Å². The molecule has 0 aliphatic carbocycles. The van der Waals surface area contributed by atoms with Crippen molar-refractivity contribution in [3.05, 3.63) is 6.42 Å². The molecule has 1 N–H and O–H groups in total. The van der Waals surface area contributed by atoms with Gasteiger partial charge in [0, 0.05) is 13.1 Å². The minimum absolute atomic E-state index is 0.750. The average Bonchev–Trinajstić information content (AvgIpc) is 1.30. The van der Waals surface area contributed by atoms with Gasteiger partial charge >= 0.3 is 0 Å². The van der Waals surface area contributed by atoms with Crippen molar-refractivity contribution in [2.24, 2.45) is 0 Å². The minimum atomic E-state index is 0.750. The highest BCUT2D eigenvalue weighted by molar-refractivity contribution is 4.79. The predicted molar refractivity (Wildman–Crippen MR) is 17.7 cm³/mol. The zero-order chi connectivity index (χ0) is 3.70. The first kappa shape index (κ1) is 3.12. The lowest BCUT2D eigenvalue weighted by Gasteiger charge is -2.21. The van der Waals surface area contributed by atoms with Crippen LogP contribution < -0.4 is 0 Å². The first-order chi connectivity index (χ1) is 2.39. The highest BCUT2D eigenvalue weighted by Gasteiger charge is 2.07. The van der Waals surface area contributed by atoms with Crippen molar-refractivity contribution >= 4 is 0 Å². The van der Waals surface area contributed by atoms with Crippen molar-refractivity contribution in [2.75, 3.05) is 13.1 Å². The average molecular weight is 72.1 g/mol. The molecule has 2 nitrogen and oxygen atoms in total. The van der Waals surface area contributed by atoms with Crippen LogP contribution >= 0.6 is 0 Å². The van der Waals surface area contributed by atoms with Gasteiger partial charge in [-0.15, -0.1) is 0 Å². The third-order valence-electron chi connectivity index (χ3n) is 0.680. The van der Waals surface area contributed by atoms with Crippen LogP contribution in [0, 0.1) is 6.42 Å². The molecule has 1 rings (SSSR count). The van der Waals surface area contributed by atoms with E-state index in [1.807, 2.05) is 6.42 Å². The second-order valence-corrected chi connectivity index (χ2v) is 1.16. The van der Waals surface area contributed by atoms with Gasteiger partial charge in [0.15, 0.2) is 0 Å². The van der Waals surface area contributed by atoms with E-state index in [0.717, 1.165) is 13.1 Å². The molecule has 0 saturated carbocycles. The first-order valence-corrected chi connectivity index (χ1v) is 1.65. The van der Waals surface area contributed by atoms with Crippen molar-refractivity contribution in [1.82, 2.24) is 5.06 Å². The molecule has 0 bridgehead atoms. The quantitative estimate of drug-likeness (QED) is 0.431. The highest BCUT2D eigenvalue weighted by Crippen LogP contribution is 1.96. The summed E-state index contributed by atoms with van der Waals surface area (Å²) < 4.78 is 0. The van der Waals surface area contributed by atoms with E-state index in [-0.39, 0.29) is 0 Å².